The third-order valence-electron chi connectivity index (χ3n) is 4.51. The highest BCUT2D eigenvalue weighted by molar-refractivity contribution is 7.91. The smallest absolute Gasteiger partial charge is 0.407 e. The molecule has 0 radical (unpaired) electrons. The van der Waals surface area contributed by atoms with Crippen molar-refractivity contribution in [3.05, 3.63) is 35.9 Å². The van der Waals surface area contributed by atoms with Crippen molar-refractivity contribution in [1.82, 2.24) is 5.32 Å². The second kappa shape index (κ2) is 7.50. The molecule has 134 valence electrons. The van der Waals surface area contributed by atoms with E-state index in [1.165, 1.54) is 0 Å². The summed E-state index contributed by atoms with van der Waals surface area (Å²) in [5, 5.41) is 12.5. The lowest BCUT2D eigenvalue weighted by molar-refractivity contribution is -0.0180. The van der Waals surface area contributed by atoms with Gasteiger partial charge in [-0.15, -0.1) is 0 Å². The number of hydrogen-bond acceptors (Lipinski definition) is 6. The molecule has 7 nitrogen and oxygen atoms in total. The average molecular weight is 356 g/mol. The van der Waals surface area contributed by atoms with Crippen molar-refractivity contribution in [2.24, 2.45) is 5.73 Å². The first-order valence-electron chi connectivity index (χ1n) is 7.83. The molecule has 1 aromatic carbocycles. The Morgan fingerprint density at radius 2 is 2.08 bits per heavy atom. The van der Waals surface area contributed by atoms with Crippen LogP contribution in [0.15, 0.2) is 30.3 Å². The number of nitrogens with two attached hydrogens (primary N) is 1. The lowest BCUT2D eigenvalue weighted by Gasteiger charge is -2.41. The van der Waals surface area contributed by atoms with Crippen LogP contribution in [0.4, 0.5) is 4.79 Å². The third-order valence-corrected chi connectivity index (χ3v) is 6.15. The quantitative estimate of drug-likeness (QED) is 0.710. The molecule has 3 unspecified atom stereocenters. The maximum Gasteiger partial charge on any atom is 0.407 e. The molecule has 1 aliphatic rings. The van der Waals surface area contributed by atoms with Crippen molar-refractivity contribution in [1.29, 1.82) is 0 Å². The Hall–Kier alpha value is -1.64. The van der Waals surface area contributed by atoms with Crippen molar-refractivity contribution in [3.63, 3.8) is 0 Å². The van der Waals surface area contributed by atoms with Gasteiger partial charge in [-0.1, -0.05) is 30.3 Å². The molecule has 24 heavy (non-hydrogen) atoms. The number of alkyl carbamates (subject to hydrolysis) is 1. The summed E-state index contributed by atoms with van der Waals surface area (Å²) in [6.07, 6.45) is 1.11. The fourth-order valence-corrected chi connectivity index (χ4v) is 4.01. The summed E-state index contributed by atoms with van der Waals surface area (Å²) in [6, 6.07) is 8.41. The molecule has 0 aromatic heterocycles. The minimum atomic E-state index is -3.25. The zero-order chi connectivity index (χ0) is 17.8. The van der Waals surface area contributed by atoms with Gasteiger partial charge in [-0.3, -0.25) is 0 Å². The van der Waals surface area contributed by atoms with E-state index in [1.54, 1.807) is 0 Å². The van der Waals surface area contributed by atoms with Crippen LogP contribution in [-0.4, -0.2) is 49.3 Å². The van der Waals surface area contributed by atoms with Crippen LogP contribution in [0.5, 0.6) is 0 Å². The summed E-state index contributed by atoms with van der Waals surface area (Å²) in [4.78, 5) is 12.0. The van der Waals surface area contributed by atoms with Crippen LogP contribution in [0.1, 0.15) is 24.8 Å². The fraction of sp³-hybridized carbons (Fsp3) is 0.562. The molecule has 0 bridgehead atoms. The Bertz CT molecular complexity index is 664. The van der Waals surface area contributed by atoms with E-state index < -0.39 is 32.8 Å². The molecule has 2 rings (SSSR count). The topological polar surface area (TPSA) is 119 Å². The molecule has 8 heteroatoms. The van der Waals surface area contributed by atoms with Gasteiger partial charge in [0.1, 0.15) is 16.4 Å². The summed E-state index contributed by atoms with van der Waals surface area (Å²) in [7, 11) is -3.25. The molecule has 1 saturated carbocycles. The van der Waals surface area contributed by atoms with Gasteiger partial charge >= 0.3 is 6.09 Å². The highest BCUT2D eigenvalue weighted by atomic mass is 32.2. The maximum atomic E-state index is 12.0. The second-order valence-electron chi connectivity index (χ2n) is 6.29. The molecule has 1 amide bonds. The van der Waals surface area contributed by atoms with E-state index in [4.69, 9.17) is 10.5 Å². The number of aliphatic hydroxyl groups is 1. The molecule has 0 saturated heterocycles. The molecule has 1 aliphatic carbocycles. The van der Waals surface area contributed by atoms with Crippen LogP contribution >= 0.6 is 0 Å². The number of amides is 1. The van der Waals surface area contributed by atoms with Gasteiger partial charge in [0.05, 0.1) is 16.9 Å². The molecule has 0 spiro atoms. The monoisotopic (exact) mass is 356 g/mol. The first-order valence-corrected chi connectivity index (χ1v) is 9.78. The lowest BCUT2D eigenvalue weighted by Crippen LogP contribution is -2.61. The number of carbonyl (C=O) groups excluding carboxylic acids is 1. The van der Waals surface area contributed by atoms with Gasteiger partial charge in [0.15, 0.2) is 0 Å². The summed E-state index contributed by atoms with van der Waals surface area (Å²) in [5.74, 6) is 0. The van der Waals surface area contributed by atoms with Crippen LogP contribution in [-0.2, 0) is 21.2 Å². The summed E-state index contributed by atoms with van der Waals surface area (Å²) < 4.78 is 28.7. The summed E-state index contributed by atoms with van der Waals surface area (Å²) in [5.41, 5.74) is 5.14. The Kier molecular flexibility index (Phi) is 5.84. The van der Waals surface area contributed by atoms with Gasteiger partial charge in [0, 0.05) is 12.8 Å². The van der Waals surface area contributed by atoms with Crippen LogP contribution in [0.3, 0.4) is 0 Å². The summed E-state index contributed by atoms with van der Waals surface area (Å²) >= 11 is 0. The van der Waals surface area contributed by atoms with E-state index in [-0.39, 0.29) is 26.0 Å². The predicted molar refractivity (Wildman–Crippen MR) is 90.0 cm³/mol. The molecule has 0 aliphatic heterocycles. The maximum absolute atomic E-state index is 12.0. The Morgan fingerprint density at radius 3 is 2.67 bits per heavy atom. The Labute approximate surface area is 142 Å². The predicted octanol–water partition coefficient (Wildman–Crippen LogP) is 0.568. The van der Waals surface area contributed by atoms with Gasteiger partial charge < -0.3 is 20.9 Å². The van der Waals surface area contributed by atoms with E-state index in [9.17, 15) is 18.3 Å². The molecule has 0 heterocycles. The zero-order valence-electron chi connectivity index (χ0n) is 13.6. The first kappa shape index (κ1) is 18.7. The standard InChI is InChI=1S/C16H24N2O5S/c1-24(21,22)13-7-8-16(20,11-17)14(9-13)18-15(19)23-10-12-5-3-2-4-6-12/h2-6,13-14,20H,7-11,17H2,1H3,(H,18,19). The number of ether oxygens (including phenoxy) is 1. The number of benzene rings is 1. The Balaban J connectivity index is 1.99. The van der Waals surface area contributed by atoms with Crippen LogP contribution in [0.2, 0.25) is 0 Å². The Morgan fingerprint density at radius 1 is 1.42 bits per heavy atom. The van der Waals surface area contributed by atoms with Crippen molar-refractivity contribution in [3.8, 4) is 0 Å². The van der Waals surface area contributed by atoms with Crippen molar-refractivity contribution in [2.75, 3.05) is 12.8 Å². The first-order chi connectivity index (χ1) is 11.2. The molecule has 1 fully saturated rings. The van der Waals surface area contributed by atoms with Crippen molar-refractivity contribution < 1.29 is 23.1 Å². The summed E-state index contributed by atoms with van der Waals surface area (Å²) in [6.45, 7) is 0.0308. The average Bonchev–Trinajstić information content (AvgIpc) is 2.55. The SMILES string of the molecule is CS(=O)(=O)C1CCC(O)(CN)C(NC(=O)OCc2ccccc2)C1. The number of sulfone groups is 1. The molecule has 4 N–H and O–H groups in total. The third kappa shape index (κ3) is 4.68. The molecular weight excluding hydrogens is 332 g/mol. The van der Waals surface area contributed by atoms with E-state index >= 15 is 0 Å². The van der Waals surface area contributed by atoms with Gasteiger partial charge in [0.25, 0.3) is 0 Å². The lowest BCUT2D eigenvalue weighted by atomic mass is 9.80. The van der Waals surface area contributed by atoms with Crippen LogP contribution < -0.4 is 11.1 Å². The van der Waals surface area contributed by atoms with Crippen molar-refractivity contribution in [2.45, 2.75) is 42.8 Å². The number of carbonyl (C=O) groups is 1. The number of rotatable bonds is 5. The van der Waals surface area contributed by atoms with Gasteiger partial charge in [-0.05, 0) is 24.8 Å². The molecule has 3 atom stereocenters. The molecular formula is C16H24N2O5S. The zero-order valence-corrected chi connectivity index (χ0v) is 14.5. The van der Waals surface area contributed by atoms with Crippen LogP contribution in [0, 0.1) is 0 Å². The van der Waals surface area contributed by atoms with E-state index in [1.807, 2.05) is 30.3 Å². The largest absolute Gasteiger partial charge is 0.445 e. The van der Waals surface area contributed by atoms with Crippen molar-refractivity contribution >= 4 is 15.9 Å². The highest BCUT2D eigenvalue weighted by Crippen LogP contribution is 2.31. The fourth-order valence-electron chi connectivity index (χ4n) is 2.92. The molecule has 1 aromatic rings. The van der Waals surface area contributed by atoms with Gasteiger partial charge in [-0.2, -0.15) is 0 Å². The highest BCUT2D eigenvalue weighted by Gasteiger charge is 2.44. The minimum Gasteiger partial charge on any atom is -0.445 e. The normalized spacial score (nSPS) is 27.5. The minimum absolute atomic E-state index is 0.0624. The number of hydrogen-bond donors (Lipinski definition) is 3. The van der Waals surface area contributed by atoms with E-state index in [0.717, 1.165) is 11.8 Å². The van der Waals surface area contributed by atoms with E-state index in [2.05, 4.69) is 5.32 Å². The van der Waals surface area contributed by atoms with Gasteiger partial charge in [-0.25, -0.2) is 13.2 Å². The van der Waals surface area contributed by atoms with E-state index in [0.29, 0.717) is 6.42 Å². The number of nitrogens with one attached hydrogen (secondary N) is 1. The van der Waals surface area contributed by atoms with Gasteiger partial charge in [0.2, 0.25) is 0 Å². The second-order valence-corrected chi connectivity index (χ2v) is 8.62. The van der Waals surface area contributed by atoms with Crippen LogP contribution in [0.25, 0.3) is 0 Å².